The lowest BCUT2D eigenvalue weighted by molar-refractivity contribution is 0.0903. The maximum atomic E-state index is 11.8. The Morgan fingerprint density at radius 1 is 1.37 bits per heavy atom. The van der Waals surface area contributed by atoms with Gasteiger partial charge in [-0.05, 0) is 30.9 Å². The summed E-state index contributed by atoms with van der Waals surface area (Å²) in [7, 11) is 0. The van der Waals surface area contributed by atoms with Crippen LogP contribution in [0.1, 0.15) is 36.2 Å². The zero-order chi connectivity index (χ0) is 14.3. The molecule has 19 heavy (non-hydrogen) atoms. The molecule has 4 heteroatoms. The summed E-state index contributed by atoms with van der Waals surface area (Å²) in [4.78, 5) is 11.8. The van der Waals surface area contributed by atoms with Gasteiger partial charge in [0.2, 0.25) is 0 Å². The fraction of sp³-hybridized carbons (Fsp3) is 0.533. The number of phenols is 1. The van der Waals surface area contributed by atoms with Gasteiger partial charge in [0.15, 0.2) is 0 Å². The molecule has 1 aromatic rings. The number of benzene rings is 1. The first-order chi connectivity index (χ1) is 9.02. The van der Waals surface area contributed by atoms with Crippen LogP contribution in [0.3, 0.4) is 0 Å². The van der Waals surface area contributed by atoms with Crippen molar-refractivity contribution in [2.45, 2.75) is 27.2 Å². The van der Waals surface area contributed by atoms with Gasteiger partial charge in [0.1, 0.15) is 5.75 Å². The van der Waals surface area contributed by atoms with Crippen LogP contribution >= 0.6 is 0 Å². The van der Waals surface area contributed by atoms with Crippen molar-refractivity contribution in [3.8, 4) is 5.75 Å². The predicted octanol–water partition coefficient (Wildman–Crippen LogP) is 2.49. The molecule has 1 aromatic carbocycles. The van der Waals surface area contributed by atoms with Crippen LogP contribution in [-0.4, -0.2) is 30.8 Å². The maximum absolute atomic E-state index is 11.8. The van der Waals surface area contributed by atoms with Crippen LogP contribution in [0.15, 0.2) is 18.2 Å². The number of aryl methyl sites for hydroxylation is 1. The van der Waals surface area contributed by atoms with Crippen LogP contribution in [0.5, 0.6) is 5.75 Å². The number of nitrogens with one attached hydrogen (secondary N) is 1. The molecule has 0 unspecified atom stereocenters. The number of amides is 1. The molecule has 2 N–H and O–H groups in total. The first-order valence-electron chi connectivity index (χ1n) is 6.67. The lowest BCUT2D eigenvalue weighted by atomic mass is 10.1. The first kappa shape index (κ1) is 15.5. The maximum Gasteiger partial charge on any atom is 0.255 e. The molecule has 0 aromatic heterocycles. The van der Waals surface area contributed by atoms with Crippen molar-refractivity contribution in [1.29, 1.82) is 0 Å². The Balaban J connectivity index is 2.30. The van der Waals surface area contributed by atoms with E-state index in [4.69, 9.17) is 4.74 Å². The Morgan fingerprint density at radius 3 is 2.79 bits per heavy atom. The highest BCUT2D eigenvalue weighted by Crippen LogP contribution is 2.20. The van der Waals surface area contributed by atoms with E-state index in [1.807, 2.05) is 0 Å². The summed E-state index contributed by atoms with van der Waals surface area (Å²) in [6.45, 7) is 7.71. The van der Waals surface area contributed by atoms with Gasteiger partial charge in [-0.2, -0.15) is 0 Å². The minimum atomic E-state index is -0.270. The van der Waals surface area contributed by atoms with Gasteiger partial charge in [-0.25, -0.2) is 0 Å². The molecule has 0 saturated heterocycles. The van der Waals surface area contributed by atoms with Crippen LogP contribution in [0.25, 0.3) is 0 Å². The Morgan fingerprint density at radius 2 is 2.11 bits per heavy atom. The zero-order valence-corrected chi connectivity index (χ0v) is 11.9. The minimum absolute atomic E-state index is 0.0423. The third-order valence-corrected chi connectivity index (χ3v) is 2.85. The highest BCUT2D eigenvalue weighted by Gasteiger charge is 2.11. The summed E-state index contributed by atoms with van der Waals surface area (Å²) in [5.41, 5.74) is 1.00. The van der Waals surface area contributed by atoms with Gasteiger partial charge in [-0.1, -0.05) is 26.0 Å². The average Bonchev–Trinajstić information content (AvgIpc) is 2.36. The first-order valence-corrected chi connectivity index (χ1v) is 6.67. The molecule has 1 rings (SSSR count). The molecule has 106 valence electrons. The molecule has 4 nitrogen and oxygen atoms in total. The van der Waals surface area contributed by atoms with Gasteiger partial charge in [0, 0.05) is 13.2 Å². The Hall–Kier alpha value is -1.55. The number of para-hydroxylation sites is 1. The fourth-order valence-electron chi connectivity index (χ4n) is 1.60. The van der Waals surface area contributed by atoms with Gasteiger partial charge >= 0.3 is 0 Å². The van der Waals surface area contributed by atoms with Crippen LogP contribution in [0.2, 0.25) is 0 Å². The number of carbonyl (C=O) groups is 1. The lowest BCUT2D eigenvalue weighted by Gasteiger charge is -2.09. The number of hydrogen-bond donors (Lipinski definition) is 2. The monoisotopic (exact) mass is 265 g/mol. The van der Waals surface area contributed by atoms with E-state index < -0.39 is 0 Å². The number of aromatic hydroxyl groups is 1. The fourth-order valence-corrected chi connectivity index (χ4v) is 1.60. The van der Waals surface area contributed by atoms with Crippen molar-refractivity contribution in [3.63, 3.8) is 0 Å². The lowest BCUT2D eigenvalue weighted by Crippen LogP contribution is -2.27. The van der Waals surface area contributed by atoms with Crippen LogP contribution in [0, 0.1) is 12.8 Å². The number of carbonyl (C=O) groups excluding carboxylic acids is 1. The average molecular weight is 265 g/mol. The minimum Gasteiger partial charge on any atom is -0.507 e. The molecule has 0 spiro atoms. The van der Waals surface area contributed by atoms with E-state index in [-0.39, 0.29) is 11.7 Å². The van der Waals surface area contributed by atoms with Gasteiger partial charge in [-0.3, -0.25) is 4.79 Å². The van der Waals surface area contributed by atoms with Gasteiger partial charge in [0.05, 0.1) is 12.2 Å². The molecule has 0 atom stereocenters. The Bertz CT molecular complexity index is 416. The molecule has 0 fully saturated rings. The molecule has 0 bridgehead atoms. The smallest absolute Gasteiger partial charge is 0.255 e. The summed E-state index contributed by atoms with van der Waals surface area (Å²) in [6, 6.07) is 5.13. The zero-order valence-electron chi connectivity index (χ0n) is 11.9. The van der Waals surface area contributed by atoms with E-state index in [1.165, 1.54) is 0 Å². The largest absolute Gasteiger partial charge is 0.507 e. The molecule has 0 aliphatic heterocycles. The molecular formula is C15H23NO3. The third-order valence-electron chi connectivity index (χ3n) is 2.85. The summed E-state index contributed by atoms with van der Waals surface area (Å²) >= 11 is 0. The van der Waals surface area contributed by atoms with E-state index in [9.17, 15) is 9.90 Å². The van der Waals surface area contributed by atoms with Crippen molar-refractivity contribution in [2.75, 3.05) is 19.8 Å². The van der Waals surface area contributed by atoms with Crippen LogP contribution < -0.4 is 5.32 Å². The summed E-state index contributed by atoms with van der Waals surface area (Å²) in [5.74, 6) is 0.396. The number of rotatable bonds is 7. The second-order valence-corrected chi connectivity index (χ2v) is 5.02. The van der Waals surface area contributed by atoms with E-state index in [0.717, 1.165) is 6.42 Å². The van der Waals surface area contributed by atoms with Crippen molar-refractivity contribution in [2.24, 2.45) is 5.92 Å². The number of phenolic OH excluding ortho intramolecular Hbond substituents is 1. The molecular weight excluding hydrogens is 242 g/mol. The topological polar surface area (TPSA) is 58.6 Å². The molecule has 1 amide bonds. The molecule has 0 aliphatic carbocycles. The van der Waals surface area contributed by atoms with E-state index in [2.05, 4.69) is 19.2 Å². The normalized spacial score (nSPS) is 10.7. The standard InChI is InChI=1S/C15H23NO3/c1-11(2)7-9-19-10-8-16-15(18)13-6-4-5-12(3)14(13)17/h4-6,11,17H,7-10H2,1-3H3,(H,16,18). The third kappa shape index (κ3) is 5.30. The Labute approximate surface area is 114 Å². The quantitative estimate of drug-likeness (QED) is 0.745. The highest BCUT2D eigenvalue weighted by atomic mass is 16.5. The summed E-state index contributed by atoms with van der Waals surface area (Å²) < 4.78 is 5.41. The SMILES string of the molecule is Cc1cccc(C(=O)NCCOCCC(C)C)c1O. The van der Waals surface area contributed by atoms with Crippen LogP contribution in [-0.2, 0) is 4.74 Å². The van der Waals surface area contributed by atoms with Crippen molar-refractivity contribution < 1.29 is 14.6 Å². The second kappa shape index (κ2) is 7.79. The second-order valence-electron chi connectivity index (χ2n) is 5.02. The molecule has 0 saturated carbocycles. The van der Waals surface area contributed by atoms with Crippen LogP contribution in [0.4, 0.5) is 0 Å². The highest BCUT2D eigenvalue weighted by molar-refractivity contribution is 5.97. The van der Waals surface area contributed by atoms with Crippen molar-refractivity contribution in [1.82, 2.24) is 5.32 Å². The van der Waals surface area contributed by atoms with Gasteiger partial charge in [-0.15, -0.1) is 0 Å². The van der Waals surface area contributed by atoms with Crippen molar-refractivity contribution >= 4 is 5.91 Å². The molecule has 0 heterocycles. The van der Waals surface area contributed by atoms with Gasteiger partial charge < -0.3 is 15.2 Å². The summed E-state index contributed by atoms with van der Waals surface area (Å²) in [5, 5.41) is 12.5. The van der Waals surface area contributed by atoms with Gasteiger partial charge in [0.25, 0.3) is 5.91 Å². The molecule has 0 radical (unpaired) electrons. The van der Waals surface area contributed by atoms with E-state index in [1.54, 1.807) is 25.1 Å². The Kier molecular flexibility index (Phi) is 6.36. The molecule has 0 aliphatic rings. The predicted molar refractivity (Wildman–Crippen MR) is 75.5 cm³/mol. The van der Waals surface area contributed by atoms with E-state index in [0.29, 0.717) is 36.8 Å². The number of hydrogen-bond acceptors (Lipinski definition) is 3. The number of ether oxygens (including phenoxy) is 1. The van der Waals surface area contributed by atoms with E-state index >= 15 is 0 Å². The summed E-state index contributed by atoms with van der Waals surface area (Å²) in [6.07, 6.45) is 1.02. The van der Waals surface area contributed by atoms with Crippen molar-refractivity contribution in [3.05, 3.63) is 29.3 Å².